The Hall–Kier alpha value is -1.02. The molecule has 1 saturated carbocycles. The monoisotopic (exact) mass is 233 g/mol. The van der Waals surface area contributed by atoms with Gasteiger partial charge in [0.05, 0.1) is 6.10 Å². The molecule has 1 aromatic rings. The van der Waals surface area contributed by atoms with E-state index in [2.05, 4.69) is 36.5 Å². The number of anilines is 1. The molecule has 2 nitrogen and oxygen atoms in total. The zero-order valence-corrected chi connectivity index (χ0v) is 10.7. The molecule has 94 valence electrons. The van der Waals surface area contributed by atoms with E-state index in [1.54, 1.807) is 0 Å². The summed E-state index contributed by atoms with van der Waals surface area (Å²) in [5.74, 6) is 0.754. The minimum atomic E-state index is -0.209. The summed E-state index contributed by atoms with van der Waals surface area (Å²) in [7, 11) is 0. The zero-order chi connectivity index (χ0) is 12.1. The van der Waals surface area contributed by atoms with Crippen LogP contribution in [-0.2, 0) is 0 Å². The van der Waals surface area contributed by atoms with Gasteiger partial charge in [-0.25, -0.2) is 0 Å². The number of rotatable bonds is 5. The Morgan fingerprint density at radius 2 is 1.88 bits per heavy atom. The Morgan fingerprint density at radius 1 is 1.24 bits per heavy atom. The van der Waals surface area contributed by atoms with Crippen molar-refractivity contribution < 1.29 is 5.11 Å². The third-order valence-corrected chi connectivity index (χ3v) is 3.67. The molecule has 0 bridgehead atoms. The number of aliphatic hydroxyl groups excluding tert-OH is 1. The van der Waals surface area contributed by atoms with E-state index in [1.165, 1.54) is 31.2 Å². The molecular formula is C15H23NO. The molecule has 0 aliphatic heterocycles. The fourth-order valence-electron chi connectivity index (χ4n) is 2.62. The SMILES string of the molecule is Cc1ccc(NCC(O)CC2CCCC2)cc1. The van der Waals surface area contributed by atoms with Crippen LogP contribution in [0.25, 0.3) is 0 Å². The molecule has 1 aliphatic rings. The van der Waals surface area contributed by atoms with E-state index in [1.807, 2.05) is 0 Å². The van der Waals surface area contributed by atoms with E-state index in [-0.39, 0.29) is 6.10 Å². The summed E-state index contributed by atoms with van der Waals surface area (Å²) < 4.78 is 0. The van der Waals surface area contributed by atoms with Gasteiger partial charge in [-0.05, 0) is 31.4 Å². The van der Waals surface area contributed by atoms with Crippen LogP contribution in [0, 0.1) is 12.8 Å². The Bertz CT molecular complexity index is 327. The van der Waals surface area contributed by atoms with Crippen molar-refractivity contribution in [2.75, 3.05) is 11.9 Å². The maximum Gasteiger partial charge on any atom is 0.0715 e. The summed E-state index contributed by atoms with van der Waals surface area (Å²) in [6, 6.07) is 8.31. The third-order valence-electron chi connectivity index (χ3n) is 3.67. The summed E-state index contributed by atoms with van der Waals surface area (Å²) in [5.41, 5.74) is 2.36. The molecule has 1 fully saturated rings. The second kappa shape index (κ2) is 6.06. The number of aryl methyl sites for hydroxylation is 1. The minimum Gasteiger partial charge on any atom is -0.391 e. The summed E-state index contributed by atoms with van der Waals surface area (Å²) in [6.45, 7) is 2.75. The van der Waals surface area contributed by atoms with E-state index >= 15 is 0 Å². The van der Waals surface area contributed by atoms with E-state index in [0.29, 0.717) is 6.54 Å². The number of benzene rings is 1. The van der Waals surface area contributed by atoms with Gasteiger partial charge in [-0.3, -0.25) is 0 Å². The van der Waals surface area contributed by atoms with Gasteiger partial charge in [0.1, 0.15) is 0 Å². The Balaban J connectivity index is 1.71. The van der Waals surface area contributed by atoms with Crippen molar-refractivity contribution >= 4 is 5.69 Å². The van der Waals surface area contributed by atoms with E-state index in [0.717, 1.165) is 18.0 Å². The molecule has 0 heterocycles. The molecule has 2 heteroatoms. The van der Waals surface area contributed by atoms with Gasteiger partial charge >= 0.3 is 0 Å². The Kier molecular flexibility index (Phi) is 4.43. The van der Waals surface area contributed by atoms with Crippen molar-refractivity contribution in [3.63, 3.8) is 0 Å². The molecule has 0 spiro atoms. The molecule has 0 aromatic heterocycles. The second-order valence-electron chi connectivity index (χ2n) is 5.29. The number of hydrogen-bond donors (Lipinski definition) is 2. The van der Waals surface area contributed by atoms with Crippen molar-refractivity contribution in [1.82, 2.24) is 0 Å². The Morgan fingerprint density at radius 3 is 2.53 bits per heavy atom. The molecule has 1 aromatic carbocycles. The zero-order valence-electron chi connectivity index (χ0n) is 10.7. The van der Waals surface area contributed by atoms with E-state index in [9.17, 15) is 5.11 Å². The lowest BCUT2D eigenvalue weighted by atomic mass is 10.00. The van der Waals surface area contributed by atoms with Gasteiger partial charge in [-0.1, -0.05) is 43.4 Å². The first kappa shape index (κ1) is 12.4. The smallest absolute Gasteiger partial charge is 0.0715 e. The van der Waals surface area contributed by atoms with Crippen LogP contribution in [0.3, 0.4) is 0 Å². The maximum absolute atomic E-state index is 9.96. The molecular weight excluding hydrogens is 210 g/mol. The molecule has 2 rings (SSSR count). The summed E-state index contributed by atoms with van der Waals surface area (Å²) >= 11 is 0. The molecule has 1 aliphatic carbocycles. The van der Waals surface area contributed by atoms with Crippen LogP contribution < -0.4 is 5.32 Å². The highest BCUT2D eigenvalue weighted by Crippen LogP contribution is 2.28. The van der Waals surface area contributed by atoms with Crippen LogP contribution in [-0.4, -0.2) is 17.8 Å². The lowest BCUT2D eigenvalue weighted by Gasteiger charge is -2.16. The predicted molar refractivity (Wildman–Crippen MR) is 72.3 cm³/mol. The summed E-state index contributed by atoms with van der Waals surface area (Å²) in [4.78, 5) is 0. The van der Waals surface area contributed by atoms with Crippen molar-refractivity contribution in [2.24, 2.45) is 5.92 Å². The van der Waals surface area contributed by atoms with Gasteiger partial charge in [-0.2, -0.15) is 0 Å². The number of hydrogen-bond acceptors (Lipinski definition) is 2. The lowest BCUT2D eigenvalue weighted by molar-refractivity contribution is 0.155. The summed E-state index contributed by atoms with van der Waals surface area (Å²) in [5, 5.41) is 13.3. The van der Waals surface area contributed by atoms with Gasteiger partial charge in [0.25, 0.3) is 0 Å². The highest BCUT2D eigenvalue weighted by Gasteiger charge is 2.18. The summed E-state index contributed by atoms with van der Waals surface area (Å²) in [6.07, 6.45) is 6.06. The first-order chi connectivity index (χ1) is 8.24. The highest BCUT2D eigenvalue weighted by atomic mass is 16.3. The van der Waals surface area contributed by atoms with Gasteiger partial charge < -0.3 is 10.4 Å². The first-order valence-corrected chi connectivity index (χ1v) is 6.72. The van der Waals surface area contributed by atoms with Crippen LogP contribution in [0.2, 0.25) is 0 Å². The van der Waals surface area contributed by atoms with Crippen LogP contribution in [0.15, 0.2) is 24.3 Å². The number of nitrogens with one attached hydrogen (secondary N) is 1. The van der Waals surface area contributed by atoms with Crippen LogP contribution in [0.4, 0.5) is 5.69 Å². The van der Waals surface area contributed by atoms with Crippen molar-refractivity contribution in [1.29, 1.82) is 0 Å². The Labute approximate surface area is 104 Å². The average molecular weight is 233 g/mol. The second-order valence-corrected chi connectivity index (χ2v) is 5.29. The first-order valence-electron chi connectivity index (χ1n) is 6.72. The lowest BCUT2D eigenvalue weighted by Crippen LogP contribution is -2.21. The van der Waals surface area contributed by atoms with Crippen molar-refractivity contribution in [2.45, 2.75) is 45.1 Å². The van der Waals surface area contributed by atoms with Gasteiger partial charge in [-0.15, -0.1) is 0 Å². The third kappa shape index (κ3) is 4.04. The fourth-order valence-corrected chi connectivity index (χ4v) is 2.62. The van der Waals surface area contributed by atoms with Crippen LogP contribution >= 0.6 is 0 Å². The minimum absolute atomic E-state index is 0.209. The van der Waals surface area contributed by atoms with Crippen LogP contribution in [0.1, 0.15) is 37.7 Å². The van der Waals surface area contributed by atoms with Crippen molar-refractivity contribution in [3.8, 4) is 0 Å². The predicted octanol–water partition coefficient (Wildman–Crippen LogP) is 3.35. The van der Waals surface area contributed by atoms with E-state index in [4.69, 9.17) is 0 Å². The van der Waals surface area contributed by atoms with Crippen molar-refractivity contribution in [3.05, 3.63) is 29.8 Å². The average Bonchev–Trinajstić information content (AvgIpc) is 2.81. The normalized spacial score (nSPS) is 18.2. The highest BCUT2D eigenvalue weighted by molar-refractivity contribution is 5.44. The topological polar surface area (TPSA) is 32.3 Å². The quantitative estimate of drug-likeness (QED) is 0.817. The molecule has 0 saturated heterocycles. The van der Waals surface area contributed by atoms with Gasteiger partial charge in [0.15, 0.2) is 0 Å². The van der Waals surface area contributed by atoms with Crippen LogP contribution in [0.5, 0.6) is 0 Å². The molecule has 1 atom stereocenters. The van der Waals surface area contributed by atoms with Gasteiger partial charge in [0.2, 0.25) is 0 Å². The molecule has 2 N–H and O–H groups in total. The molecule has 17 heavy (non-hydrogen) atoms. The molecule has 0 amide bonds. The molecule has 0 radical (unpaired) electrons. The molecule has 1 unspecified atom stereocenters. The fraction of sp³-hybridized carbons (Fsp3) is 0.600. The number of aliphatic hydroxyl groups is 1. The maximum atomic E-state index is 9.96. The largest absolute Gasteiger partial charge is 0.391 e. The van der Waals surface area contributed by atoms with E-state index < -0.39 is 0 Å². The standard InChI is InChI=1S/C15H23NO/c1-12-6-8-14(9-7-12)16-11-15(17)10-13-4-2-3-5-13/h6-9,13,15-17H,2-5,10-11H2,1H3. The van der Waals surface area contributed by atoms with Gasteiger partial charge in [0, 0.05) is 12.2 Å².